The number of aliphatic hydroxyl groups is 1. The number of rotatable bonds is 3. The summed E-state index contributed by atoms with van der Waals surface area (Å²) in [6.45, 7) is 6.06. The van der Waals surface area contributed by atoms with E-state index >= 15 is 0 Å². The minimum atomic E-state index is -0.975. The van der Waals surface area contributed by atoms with Gasteiger partial charge in [-0.2, -0.15) is 0 Å². The van der Waals surface area contributed by atoms with Crippen LogP contribution in [0.1, 0.15) is 46.3 Å². The van der Waals surface area contributed by atoms with Crippen molar-refractivity contribution in [3.8, 4) is 11.5 Å². The Morgan fingerprint density at radius 2 is 2.03 bits per heavy atom. The summed E-state index contributed by atoms with van der Waals surface area (Å²) in [6.07, 6.45) is 4.25. The van der Waals surface area contributed by atoms with Crippen LogP contribution >= 0.6 is 0 Å². The van der Waals surface area contributed by atoms with Crippen LogP contribution in [0.15, 0.2) is 49.1 Å². The second-order valence-electron chi connectivity index (χ2n) is 10.3. The van der Waals surface area contributed by atoms with Crippen LogP contribution in [0, 0.1) is 0 Å². The maximum Gasteiger partial charge on any atom is 0.254 e. The molecule has 2 aromatic carbocycles. The molecular formula is C27H28N2O4. The normalized spacial score (nSPS) is 35.7. The fourth-order valence-corrected chi connectivity index (χ4v) is 7.85. The van der Waals surface area contributed by atoms with Crippen molar-refractivity contribution in [2.75, 3.05) is 13.1 Å². The number of hydrogen-bond donors (Lipinski definition) is 2. The lowest BCUT2D eigenvalue weighted by Gasteiger charge is -2.64. The lowest BCUT2D eigenvalue weighted by molar-refractivity contribution is -0.196. The standard InChI is InChI=1S/C27H28N2O4/c1-2-12-28-13-11-26-22-16-7-8-20(30)23(22)33-24(26)19(9-10-27(26,32)21(28)14-16)29-15-17-5-3-4-6-18(17)25(29)31/h2-8,19,21,24,30,32H,1,9-15H2/t19-,21-,24+,26+,27-/m1/s1. The number of likely N-dealkylation sites (tertiary alicyclic amines) is 1. The van der Waals surface area contributed by atoms with Gasteiger partial charge >= 0.3 is 0 Å². The molecule has 0 aromatic heterocycles. The molecular weight excluding hydrogens is 416 g/mol. The molecule has 5 atom stereocenters. The van der Waals surface area contributed by atoms with E-state index in [0.717, 1.165) is 48.2 Å². The van der Waals surface area contributed by atoms with Crippen molar-refractivity contribution in [2.24, 2.45) is 0 Å². The maximum absolute atomic E-state index is 13.4. The summed E-state index contributed by atoms with van der Waals surface area (Å²) >= 11 is 0. The van der Waals surface area contributed by atoms with Gasteiger partial charge in [0.15, 0.2) is 11.5 Å². The predicted octanol–water partition coefficient (Wildman–Crippen LogP) is 2.76. The second kappa shape index (κ2) is 6.39. The summed E-state index contributed by atoms with van der Waals surface area (Å²) in [4.78, 5) is 17.7. The average molecular weight is 445 g/mol. The molecule has 2 N–H and O–H groups in total. The first-order chi connectivity index (χ1) is 16.0. The molecule has 2 fully saturated rings. The summed E-state index contributed by atoms with van der Waals surface area (Å²) in [5.41, 5.74) is 2.33. The second-order valence-corrected chi connectivity index (χ2v) is 10.3. The number of aromatic hydroxyl groups is 1. The number of phenolic OH excluding ortho intramolecular Hbond substituents is 1. The summed E-state index contributed by atoms with van der Waals surface area (Å²) in [6, 6.07) is 11.3. The molecule has 3 heterocycles. The minimum absolute atomic E-state index is 0.0363. The predicted molar refractivity (Wildman–Crippen MR) is 122 cm³/mol. The smallest absolute Gasteiger partial charge is 0.254 e. The van der Waals surface area contributed by atoms with Gasteiger partial charge in [0.2, 0.25) is 0 Å². The summed E-state index contributed by atoms with van der Waals surface area (Å²) in [7, 11) is 0. The first-order valence-corrected chi connectivity index (χ1v) is 12.0. The number of piperidine rings is 1. The number of nitrogens with zero attached hydrogens (tertiary/aromatic N) is 2. The fourth-order valence-electron chi connectivity index (χ4n) is 7.85. The maximum atomic E-state index is 13.4. The number of fused-ring (bicyclic) bond motifs is 1. The molecule has 2 aliphatic carbocycles. The SMILES string of the molecule is C=CCN1CC[C@]23c4c5ccc(O)c4O[C@H]2[C@H](N2Cc4ccccc4C2=O)CC[C@@]3(O)[C@H]1C5. The van der Waals surface area contributed by atoms with E-state index < -0.39 is 11.0 Å². The molecule has 6 nitrogen and oxygen atoms in total. The molecule has 1 saturated heterocycles. The highest BCUT2D eigenvalue weighted by Crippen LogP contribution is 2.66. The zero-order chi connectivity index (χ0) is 22.5. The lowest BCUT2D eigenvalue weighted by Crippen LogP contribution is -2.78. The van der Waals surface area contributed by atoms with Crippen molar-refractivity contribution in [3.05, 3.63) is 71.3 Å². The van der Waals surface area contributed by atoms with E-state index in [1.54, 1.807) is 6.07 Å². The molecule has 2 aromatic rings. The molecule has 1 spiro atoms. The van der Waals surface area contributed by atoms with E-state index in [0.29, 0.717) is 25.1 Å². The molecule has 0 radical (unpaired) electrons. The topological polar surface area (TPSA) is 73.2 Å². The molecule has 1 amide bonds. The Labute approximate surface area is 193 Å². The number of phenols is 1. The van der Waals surface area contributed by atoms with Gasteiger partial charge in [-0.15, -0.1) is 6.58 Å². The summed E-state index contributed by atoms with van der Waals surface area (Å²) in [5.74, 6) is 0.683. The third-order valence-electron chi connectivity index (χ3n) is 9.15. The molecule has 7 rings (SSSR count). The van der Waals surface area contributed by atoms with Crippen LogP contribution in [0.5, 0.6) is 11.5 Å². The van der Waals surface area contributed by atoms with Crippen molar-refractivity contribution in [3.63, 3.8) is 0 Å². The summed E-state index contributed by atoms with van der Waals surface area (Å²) < 4.78 is 6.60. The van der Waals surface area contributed by atoms with Crippen molar-refractivity contribution in [2.45, 2.75) is 61.4 Å². The van der Waals surface area contributed by atoms with Crippen LogP contribution < -0.4 is 4.74 Å². The Morgan fingerprint density at radius 1 is 1.18 bits per heavy atom. The molecule has 0 unspecified atom stereocenters. The van der Waals surface area contributed by atoms with Crippen LogP contribution in [-0.2, 0) is 18.4 Å². The van der Waals surface area contributed by atoms with E-state index in [1.165, 1.54) is 0 Å². The lowest BCUT2D eigenvalue weighted by atomic mass is 9.48. The molecule has 3 aliphatic heterocycles. The Kier molecular flexibility index (Phi) is 3.80. The van der Waals surface area contributed by atoms with Crippen LogP contribution in [0.3, 0.4) is 0 Å². The van der Waals surface area contributed by atoms with Crippen molar-refractivity contribution >= 4 is 5.91 Å². The number of carbonyl (C=O) groups excluding carboxylic acids is 1. The van der Waals surface area contributed by atoms with E-state index in [4.69, 9.17) is 4.74 Å². The first-order valence-electron chi connectivity index (χ1n) is 12.0. The highest BCUT2D eigenvalue weighted by Gasteiger charge is 2.73. The van der Waals surface area contributed by atoms with Gasteiger partial charge in [0.1, 0.15) is 6.10 Å². The highest BCUT2D eigenvalue weighted by atomic mass is 16.5. The van der Waals surface area contributed by atoms with Gasteiger partial charge in [-0.1, -0.05) is 30.3 Å². The summed E-state index contributed by atoms with van der Waals surface area (Å²) in [5, 5.41) is 23.2. The number of carbonyl (C=O) groups is 1. The molecule has 1 saturated carbocycles. The van der Waals surface area contributed by atoms with E-state index in [-0.39, 0.29) is 29.8 Å². The third-order valence-corrected chi connectivity index (χ3v) is 9.15. The monoisotopic (exact) mass is 444 g/mol. The molecule has 170 valence electrons. The Hall–Kier alpha value is -2.83. The largest absolute Gasteiger partial charge is 0.504 e. The fraction of sp³-hybridized carbons (Fsp3) is 0.444. The average Bonchev–Trinajstić information content (AvgIpc) is 3.33. The van der Waals surface area contributed by atoms with Crippen molar-refractivity contribution < 1.29 is 19.7 Å². The number of benzene rings is 2. The van der Waals surface area contributed by atoms with Crippen LogP contribution in [0.4, 0.5) is 0 Å². The Morgan fingerprint density at radius 3 is 2.85 bits per heavy atom. The molecule has 6 heteroatoms. The van der Waals surface area contributed by atoms with Gasteiger partial charge in [-0.25, -0.2) is 0 Å². The first kappa shape index (κ1) is 19.6. The Balaban J connectivity index is 1.38. The van der Waals surface area contributed by atoms with Gasteiger partial charge in [0, 0.05) is 30.3 Å². The van der Waals surface area contributed by atoms with Crippen LogP contribution in [0.25, 0.3) is 0 Å². The van der Waals surface area contributed by atoms with E-state index in [2.05, 4.69) is 11.5 Å². The van der Waals surface area contributed by atoms with Crippen molar-refractivity contribution in [1.82, 2.24) is 9.80 Å². The van der Waals surface area contributed by atoms with E-state index in [9.17, 15) is 15.0 Å². The number of ether oxygens (including phenoxy) is 1. The quantitative estimate of drug-likeness (QED) is 0.713. The Bertz CT molecular complexity index is 1210. The zero-order valence-electron chi connectivity index (χ0n) is 18.5. The third kappa shape index (κ3) is 2.19. The molecule has 2 bridgehead atoms. The number of amides is 1. The molecule has 5 aliphatic rings. The van der Waals surface area contributed by atoms with Gasteiger partial charge in [-0.05, 0) is 55.5 Å². The molecule has 33 heavy (non-hydrogen) atoms. The van der Waals surface area contributed by atoms with Crippen LogP contribution in [0.2, 0.25) is 0 Å². The van der Waals surface area contributed by atoms with Gasteiger partial charge in [0.25, 0.3) is 5.91 Å². The van der Waals surface area contributed by atoms with Gasteiger partial charge in [0.05, 0.1) is 17.1 Å². The van der Waals surface area contributed by atoms with Gasteiger partial charge in [-0.3, -0.25) is 9.69 Å². The van der Waals surface area contributed by atoms with Crippen molar-refractivity contribution in [1.29, 1.82) is 0 Å². The zero-order valence-corrected chi connectivity index (χ0v) is 18.5. The minimum Gasteiger partial charge on any atom is -0.504 e. The number of hydrogen-bond acceptors (Lipinski definition) is 5. The van der Waals surface area contributed by atoms with Crippen LogP contribution in [-0.4, -0.2) is 62.8 Å². The highest BCUT2D eigenvalue weighted by molar-refractivity contribution is 5.98. The van der Waals surface area contributed by atoms with E-state index in [1.807, 2.05) is 41.3 Å². The van der Waals surface area contributed by atoms with Gasteiger partial charge < -0.3 is 19.8 Å².